The van der Waals surface area contributed by atoms with E-state index in [9.17, 15) is 26.7 Å². The third-order valence-electron chi connectivity index (χ3n) is 1.42. The molecule has 0 spiro atoms. The molecule has 0 atom stereocenters. The maximum Gasteiger partial charge on any atom is 0.330 e. The first-order valence-electron chi connectivity index (χ1n) is 4.05. The van der Waals surface area contributed by atoms with Crippen molar-refractivity contribution in [2.75, 3.05) is 0 Å². The monoisotopic (exact) mass is 254 g/mol. The minimum atomic E-state index is -2.14. The van der Waals surface area contributed by atoms with E-state index in [4.69, 9.17) is 5.11 Å². The van der Waals surface area contributed by atoms with E-state index in [0.717, 1.165) is 0 Å². The average Bonchev–Trinajstić information content (AvgIpc) is 2.24. The van der Waals surface area contributed by atoms with Crippen LogP contribution in [0, 0.1) is 29.1 Å². The summed E-state index contributed by atoms with van der Waals surface area (Å²) in [5.41, 5.74) is 0.176. The van der Waals surface area contributed by atoms with E-state index in [1.165, 1.54) is 6.92 Å². The van der Waals surface area contributed by atoms with Gasteiger partial charge in [0.25, 0.3) is 0 Å². The second-order valence-corrected chi connectivity index (χ2v) is 2.87. The Labute approximate surface area is 93.0 Å². The Morgan fingerprint density at radius 3 is 1.59 bits per heavy atom. The Hall–Kier alpha value is -1.92. The van der Waals surface area contributed by atoms with Crippen molar-refractivity contribution in [1.29, 1.82) is 0 Å². The Kier molecular flexibility index (Phi) is 5.30. The Morgan fingerprint density at radius 2 is 1.35 bits per heavy atom. The summed E-state index contributed by atoms with van der Waals surface area (Å²) >= 11 is 0. The van der Waals surface area contributed by atoms with Gasteiger partial charge in [0.05, 0.1) is 0 Å². The molecule has 1 N–H and O–H groups in total. The summed E-state index contributed by atoms with van der Waals surface area (Å²) in [5.74, 6) is -10.6. The predicted octanol–water partition coefficient (Wildman–Crippen LogP) is 3.03. The summed E-state index contributed by atoms with van der Waals surface area (Å²) in [6, 6.07) is -0.0618. The fourth-order valence-corrected chi connectivity index (χ4v) is 0.544. The topological polar surface area (TPSA) is 37.3 Å². The van der Waals surface area contributed by atoms with Gasteiger partial charge in [0, 0.05) is 11.6 Å². The second kappa shape index (κ2) is 5.97. The summed E-state index contributed by atoms with van der Waals surface area (Å²) in [6.45, 7) is 4.60. The largest absolute Gasteiger partial charge is 0.478 e. The summed E-state index contributed by atoms with van der Waals surface area (Å²) in [7, 11) is 0. The van der Waals surface area contributed by atoms with Gasteiger partial charge < -0.3 is 5.11 Å². The summed E-state index contributed by atoms with van der Waals surface area (Å²) in [4.78, 5) is 9.60. The zero-order valence-corrected chi connectivity index (χ0v) is 8.53. The van der Waals surface area contributed by atoms with Gasteiger partial charge in [-0.15, -0.1) is 0 Å². The zero-order valence-electron chi connectivity index (χ0n) is 8.53. The summed E-state index contributed by atoms with van der Waals surface area (Å²) in [6.07, 6.45) is 0. The molecule has 94 valence electrons. The molecular weight excluding hydrogens is 247 g/mol. The maximum atomic E-state index is 12.0. The van der Waals surface area contributed by atoms with Crippen LogP contribution in [0.1, 0.15) is 6.92 Å². The van der Waals surface area contributed by atoms with Crippen LogP contribution in [0.3, 0.4) is 0 Å². The fraction of sp³-hybridized carbons (Fsp3) is 0.100. The number of halogens is 5. The number of carboxylic acids is 1. The zero-order chi connectivity index (χ0) is 13.7. The molecule has 1 rings (SSSR count). The van der Waals surface area contributed by atoms with Crippen molar-refractivity contribution in [1.82, 2.24) is 0 Å². The van der Waals surface area contributed by atoms with E-state index >= 15 is 0 Å². The molecule has 0 amide bonds. The number of benzene rings is 1. The molecule has 0 radical (unpaired) electrons. The first-order valence-corrected chi connectivity index (χ1v) is 4.05. The second-order valence-electron chi connectivity index (χ2n) is 2.87. The fourth-order valence-electron chi connectivity index (χ4n) is 0.544. The van der Waals surface area contributed by atoms with Gasteiger partial charge in [0.15, 0.2) is 23.3 Å². The molecule has 0 heterocycles. The number of hydrogen-bond acceptors (Lipinski definition) is 1. The molecule has 0 aliphatic heterocycles. The molecule has 1 aromatic carbocycles. The van der Waals surface area contributed by atoms with Gasteiger partial charge in [-0.25, -0.2) is 26.7 Å². The number of aliphatic carboxylic acids is 1. The number of rotatable bonds is 1. The molecule has 1 aromatic rings. The first kappa shape index (κ1) is 15.1. The smallest absolute Gasteiger partial charge is 0.330 e. The third-order valence-corrected chi connectivity index (χ3v) is 1.42. The Bertz CT molecular complexity index is 418. The molecule has 0 saturated heterocycles. The lowest BCUT2D eigenvalue weighted by Crippen LogP contribution is -1.98. The van der Waals surface area contributed by atoms with Crippen LogP contribution in [-0.4, -0.2) is 11.1 Å². The molecule has 0 aliphatic carbocycles. The van der Waals surface area contributed by atoms with Crippen molar-refractivity contribution in [2.24, 2.45) is 0 Å². The molecule has 0 aliphatic rings. The molecular formula is C10H7F5O2. The molecule has 7 heteroatoms. The standard InChI is InChI=1S/C6HF5.C4H6O2/c7-2-1-3(8)5(10)6(11)4(2)9;1-3(2)4(5)6/h1H;1H2,2H3,(H,5,6). The third kappa shape index (κ3) is 4.21. The number of carboxylic acid groups (broad SMARTS) is 1. The predicted molar refractivity (Wildman–Crippen MR) is 48.7 cm³/mol. The van der Waals surface area contributed by atoms with Gasteiger partial charge >= 0.3 is 5.97 Å². The van der Waals surface area contributed by atoms with Crippen molar-refractivity contribution in [3.05, 3.63) is 47.3 Å². The lowest BCUT2D eigenvalue weighted by Gasteiger charge is -1.96. The van der Waals surface area contributed by atoms with Gasteiger partial charge in [-0.3, -0.25) is 0 Å². The molecule has 17 heavy (non-hydrogen) atoms. The van der Waals surface area contributed by atoms with Crippen molar-refractivity contribution in [3.63, 3.8) is 0 Å². The van der Waals surface area contributed by atoms with Crippen LogP contribution in [0.5, 0.6) is 0 Å². The number of carbonyl (C=O) groups is 1. The van der Waals surface area contributed by atoms with Crippen LogP contribution in [0.25, 0.3) is 0 Å². The SMILES string of the molecule is C=C(C)C(=O)O.Fc1cc(F)c(F)c(F)c1F. The van der Waals surface area contributed by atoms with E-state index in [1.54, 1.807) is 0 Å². The van der Waals surface area contributed by atoms with Crippen molar-refractivity contribution >= 4 is 5.97 Å². The van der Waals surface area contributed by atoms with Gasteiger partial charge in [0.2, 0.25) is 5.82 Å². The van der Waals surface area contributed by atoms with Crippen LogP contribution in [0.15, 0.2) is 18.2 Å². The van der Waals surface area contributed by atoms with E-state index < -0.39 is 35.1 Å². The normalized spacial score (nSPS) is 9.29. The molecule has 0 aromatic heterocycles. The number of hydrogen-bond donors (Lipinski definition) is 1. The minimum Gasteiger partial charge on any atom is -0.478 e. The van der Waals surface area contributed by atoms with Crippen LogP contribution in [0.4, 0.5) is 22.0 Å². The van der Waals surface area contributed by atoms with Crippen molar-refractivity contribution in [3.8, 4) is 0 Å². The quantitative estimate of drug-likeness (QED) is 0.362. The van der Waals surface area contributed by atoms with Gasteiger partial charge in [-0.2, -0.15) is 0 Å². The highest BCUT2D eigenvalue weighted by molar-refractivity contribution is 5.84. The molecule has 2 nitrogen and oxygen atoms in total. The molecule has 0 bridgehead atoms. The van der Waals surface area contributed by atoms with Crippen LogP contribution in [0.2, 0.25) is 0 Å². The van der Waals surface area contributed by atoms with Crippen molar-refractivity contribution < 1.29 is 31.9 Å². The first-order chi connectivity index (χ1) is 7.68. The average molecular weight is 254 g/mol. The van der Waals surface area contributed by atoms with E-state index in [1.807, 2.05) is 0 Å². The van der Waals surface area contributed by atoms with Gasteiger partial charge in [-0.05, 0) is 6.92 Å². The van der Waals surface area contributed by atoms with Crippen molar-refractivity contribution in [2.45, 2.75) is 6.92 Å². The Morgan fingerprint density at radius 1 is 1.06 bits per heavy atom. The maximum absolute atomic E-state index is 12.0. The van der Waals surface area contributed by atoms with Gasteiger partial charge in [0.1, 0.15) is 0 Å². The van der Waals surface area contributed by atoms with Gasteiger partial charge in [-0.1, -0.05) is 6.58 Å². The molecule has 0 unspecified atom stereocenters. The van der Waals surface area contributed by atoms with Crippen LogP contribution in [-0.2, 0) is 4.79 Å². The summed E-state index contributed by atoms with van der Waals surface area (Å²) < 4.78 is 60.0. The minimum absolute atomic E-state index is 0.0618. The van der Waals surface area contributed by atoms with E-state index in [-0.39, 0.29) is 11.6 Å². The van der Waals surface area contributed by atoms with E-state index in [2.05, 4.69) is 6.58 Å². The molecule has 0 fully saturated rings. The van der Waals surface area contributed by atoms with Crippen LogP contribution < -0.4 is 0 Å². The summed E-state index contributed by atoms with van der Waals surface area (Å²) in [5, 5.41) is 7.89. The highest BCUT2D eigenvalue weighted by atomic mass is 19.2. The van der Waals surface area contributed by atoms with E-state index in [0.29, 0.717) is 0 Å². The highest BCUT2D eigenvalue weighted by Gasteiger charge is 2.18. The highest BCUT2D eigenvalue weighted by Crippen LogP contribution is 2.16. The lowest BCUT2D eigenvalue weighted by atomic mass is 10.3. The molecule has 0 saturated carbocycles. The lowest BCUT2D eigenvalue weighted by molar-refractivity contribution is -0.132. The van der Waals surface area contributed by atoms with Crippen LogP contribution >= 0.6 is 0 Å². The Balaban J connectivity index is 0.000000366.